The maximum atomic E-state index is 12.0. The van der Waals surface area contributed by atoms with Gasteiger partial charge in [-0.3, -0.25) is 4.79 Å². The van der Waals surface area contributed by atoms with Crippen LogP contribution in [0.25, 0.3) is 0 Å². The number of hydrogen-bond acceptors (Lipinski definition) is 5. The zero-order chi connectivity index (χ0) is 17.4. The monoisotopic (exact) mass is 329 g/mol. The van der Waals surface area contributed by atoms with E-state index in [4.69, 9.17) is 14.2 Å². The number of hydrogen-bond donors (Lipinski definition) is 1. The van der Waals surface area contributed by atoms with Crippen molar-refractivity contribution in [2.75, 3.05) is 25.6 Å². The molecule has 0 fully saturated rings. The van der Waals surface area contributed by atoms with Crippen LogP contribution in [-0.2, 0) is 9.53 Å². The molecule has 0 saturated carbocycles. The Kier molecular flexibility index (Phi) is 6.19. The molecule has 0 atom stereocenters. The molecule has 24 heavy (non-hydrogen) atoms. The van der Waals surface area contributed by atoms with Gasteiger partial charge in [0.05, 0.1) is 25.0 Å². The Morgan fingerprint density at radius 2 is 1.67 bits per heavy atom. The van der Waals surface area contributed by atoms with Gasteiger partial charge >= 0.3 is 5.97 Å². The van der Waals surface area contributed by atoms with Gasteiger partial charge in [-0.25, -0.2) is 4.79 Å². The number of anilines is 1. The predicted molar refractivity (Wildman–Crippen MR) is 89.5 cm³/mol. The maximum absolute atomic E-state index is 12.0. The van der Waals surface area contributed by atoms with Crippen molar-refractivity contribution in [1.82, 2.24) is 0 Å². The summed E-state index contributed by atoms with van der Waals surface area (Å²) in [6.45, 7) is 1.81. The number of nitrogens with one attached hydrogen (secondary N) is 1. The molecule has 6 heteroatoms. The third kappa shape index (κ3) is 4.74. The number of para-hydroxylation sites is 1. The SMILES string of the molecule is CCOC(=O)c1ccccc1NC(=O)COc1ccc(OC)cc1. The molecule has 0 radical (unpaired) electrons. The molecular weight excluding hydrogens is 310 g/mol. The lowest BCUT2D eigenvalue weighted by Gasteiger charge is -2.11. The van der Waals surface area contributed by atoms with E-state index in [1.54, 1.807) is 62.6 Å². The van der Waals surface area contributed by atoms with Gasteiger partial charge in [-0.15, -0.1) is 0 Å². The first-order valence-corrected chi connectivity index (χ1v) is 7.47. The second-order valence-electron chi connectivity index (χ2n) is 4.78. The van der Waals surface area contributed by atoms with Crippen LogP contribution < -0.4 is 14.8 Å². The number of rotatable bonds is 7. The Morgan fingerprint density at radius 1 is 1.00 bits per heavy atom. The molecule has 126 valence electrons. The second kappa shape index (κ2) is 8.57. The van der Waals surface area contributed by atoms with Crippen LogP contribution in [0.2, 0.25) is 0 Å². The first kappa shape index (κ1) is 17.3. The largest absolute Gasteiger partial charge is 0.497 e. The van der Waals surface area contributed by atoms with Crippen LogP contribution in [0.1, 0.15) is 17.3 Å². The molecule has 0 unspecified atom stereocenters. The van der Waals surface area contributed by atoms with E-state index < -0.39 is 5.97 Å². The lowest BCUT2D eigenvalue weighted by molar-refractivity contribution is -0.118. The van der Waals surface area contributed by atoms with Gasteiger partial charge in [-0.1, -0.05) is 12.1 Å². The lowest BCUT2D eigenvalue weighted by Crippen LogP contribution is -2.21. The van der Waals surface area contributed by atoms with Crippen molar-refractivity contribution in [3.05, 3.63) is 54.1 Å². The van der Waals surface area contributed by atoms with E-state index in [0.717, 1.165) is 0 Å². The van der Waals surface area contributed by atoms with Crippen molar-refractivity contribution < 1.29 is 23.8 Å². The van der Waals surface area contributed by atoms with Crippen molar-refractivity contribution in [1.29, 1.82) is 0 Å². The van der Waals surface area contributed by atoms with Crippen LogP contribution in [0.3, 0.4) is 0 Å². The van der Waals surface area contributed by atoms with Gasteiger partial charge in [0.2, 0.25) is 0 Å². The molecular formula is C18H19NO5. The molecule has 0 aromatic heterocycles. The quantitative estimate of drug-likeness (QED) is 0.791. The fourth-order valence-electron chi connectivity index (χ4n) is 1.99. The van der Waals surface area contributed by atoms with Crippen molar-refractivity contribution >= 4 is 17.6 Å². The van der Waals surface area contributed by atoms with Crippen LogP contribution in [0.15, 0.2) is 48.5 Å². The number of carbonyl (C=O) groups excluding carboxylic acids is 2. The number of ether oxygens (including phenoxy) is 3. The fraction of sp³-hybridized carbons (Fsp3) is 0.222. The fourth-order valence-corrected chi connectivity index (χ4v) is 1.99. The minimum Gasteiger partial charge on any atom is -0.497 e. The van der Waals surface area contributed by atoms with Gasteiger partial charge in [0, 0.05) is 0 Å². The summed E-state index contributed by atoms with van der Waals surface area (Å²) < 4.78 is 15.4. The molecule has 0 bridgehead atoms. The molecule has 1 amide bonds. The molecule has 6 nitrogen and oxygen atoms in total. The Bertz CT molecular complexity index is 697. The summed E-state index contributed by atoms with van der Waals surface area (Å²) in [4.78, 5) is 23.9. The van der Waals surface area contributed by atoms with Crippen molar-refractivity contribution in [2.24, 2.45) is 0 Å². The van der Waals surface area contributed by atoms with E-state index in [9.17, 15) is 9.59 Å². The minimum atomic E-state index is -0.482. The van der Waals surface area contributed by atoms with Crippen LogP contribution in [-0.4, -0.2) is 32.2 Å². The van der Waals surface area contributed by atoms with Gasteiger partial charge in [0.15, 0.2) is 6.61 Å². The van der Waals surface area contributed by atoms with Gasteiger partial charge in [0.25, 0.3) is 5.91 Å². The summed E-state index contributed by atoms with van der Waals surface area (Å²) in [5.41, 5.74) is 0.691. The van der Waals surface area contributed by atoms with E-state index in [-0.39, 0.29) is 19.1 Å². The summed E-state index contributed by atoms with van der Waals surface area (Å²) in [5.74, 6) is 0.395. The molecule has 0 aliphatic heterocycles. The number of amides is 1. The number of benzene rings is 2. The topological polar surface area (TPSA) is 73.9 Å². The van der Waals surface area contributed by atoms with E-state index in [1.807, 2.05) is 0 Å². The first-order valence-electron chi connectivity index (χ1n) is 7.47. The van der Waals surface area contributed by atoms with E-state index in [1.165, 1.54) is 0 Å². The zero-order valence-corrected chi connectivity index (χ0v) is 13.6. The molecule has 0 aliphatic rings. The molecule has 0 heterocycles. The average molecular weight is 329 g/mol. The zero-order valence-electron chi connectivity index (χ0n) is 13.6. The van der Waals surface area contributed by atoms with Crippen LogP contribution in [0, 0.1) is 0 Å². The molecule has 2 aromatic rings. The highest BCUT2D eigenvalue weighted by molar-refractivity contribution is 6.01. The summed E-state index contributed by atoms with van der Waals surface area (Å²) >= 11 is 0. The molecule has 1 N–H and O–H groups in total. The number of carbonyl (C=O) groups is 2. The summed E-state index contributed by atoms with van der Waals surface area (Å²) in [7, 11) is 1.57. The predicted octanol–water partition coefficient (Wildman–Crippen LogP) is 2.89. The molecule has 0 saturated heterocycles. The summed E-state index contributed by atoms with van der Waals surface area (Å²) in [6, 6.07) is 13.6. The van der Waals surface area contributed by atoms with Gasteiger partial charge in [-0.2, -0.15) is 0 Å². The highest BCUT2D eigenvalue weighted by Gasteiger charge is 2.14. The van der Waals surface area contributed by atoms with Crippen molar-refractivity contribution in [2.45, 2.75) is 6.92 Å². The third-order valence-electron chi connectivity index (χ3n) is 3.13. The Hall–Kier alpha value is -3.02. The van der Waals surface area contributed by atoms with Crippen LogP contribution in [0.4, 0.5) is 5.69 Å². The van der Waals surface area contributed by atoms with E-state index in [0.29, 0.717) is 22.7 Å². The first-order chi connectivity index (χ1) is 11.6. The van der Waals surface area contributed by atoms with Gasteiger partial charge < -0.3 is 19.5 Å². The van der Waals surface area contributed by atoms with E-state index >= 15 is 0 Å². The molecule has 2 aromatic carbocycles. The highest BCUT2D eigenvalue weighted by Crippen LogP contribution is 2.18. The van der Waals surface area contributed by atoms with E-state index in [2.05, 4.69) is 5.32 Å². The summed E-state index contributed by atoms with van der Waals surface area (Å²) in [6.07, 6.45) is 0. The Labute approximate surface area is 140 Å². The molecule has 2 rings (SSSR count). The number of methoxy groups -OCH3 is 1. The molecule has 0 spiro atoms. The Balaban J connectivity index is 1.95. The highest BCUT2D eigenvalue weighted by atomic mass is 16.5. The van der Waals surface area contributed by atoms with Crippen LogP contribution >= 0.6 is 0 Å². The standard InChI is InChI=1S/C18H19NO5/c1-3-23-18(21)15-6-4-5-7-16(15)19-17(20)12-24-14-10-8-13(22-2)9-11-14/h4-11H,3,12H2,1-2H3,(H,19,20). The van der Waals surface area contributed by atoms with Crippen molar-refractivity contribution in [3.8, 4) is 11.5 Å². The lowest BCUT2D eigenvalue weighted by atomic mass is 10.2. The third-order valence-corrected chi connectivity index (χ3v) is 3.13. The molecule has 0 aliphatic carbocycles. The minimum absolute atomic E-state index is 0.177. The smallest absolute Gasteiger partial charge is 0.340 e. The Morgan fingerprint density at radius 3 is 2.33 bits per heavy atom. The van der Waals surface area contributed by atoms with Gasteiger partial charge in [0.1, 0.15) is 11.5 Å². The van der Waals surface area contributed by atoms with Crippen LogP contribution in [0.5, 0.6) is 11.5 Å². The van der Waals surface area contributed by atoms with Crippen molar-refractivity contribution in [3.63, 3.8) is 0 Å². The second-order valence-corrected chi connectivity index (χ2v) is 4.78. The summed E-state index contributed by atoms with van der Waals surface area (Å²) in [5, 5.41) is 2.65. The normalized spacial score (nSPS) is 9.92. The maximum Gasteiger partial charge on any atom is 0.340 e. The number of esters is 1. The average Bonchev–Trinajstić information content (AvgIpc) is 2.61. The van der Waals surface area contributed by atoms with Gasteiger partial charge in [-0.05, 0) is 43.3 Å².